The summed E-state index contributed by atoms with van der Waals surface area (Å²) in [6, 6.07) is 27.8. The Bertz CT molecular complexity index is 2300. The summed E-state index contributed by atoms with van der Waals surface area (Å²) in [5.41, 5.74) is 3.17. The highest BCUT2D eigenvalue weighted by Crippen LogP contribution is 2.34. The van der Waals surface area contributed by atoms with Gasteiger partial charge in [0.25, 0.3) is 11.8 Å². The molecule has 6 rings (SSSR count). The van der Waals surface area contributed by atoms with Gasteiger partial charge in [0.05, 0.1) is 12.0 Å². The van der Waals surface area contributed by atoms with Crippen molar-refractivity contribution in [1.82, 2.24) is 16.0 Å². The number of carbonyl (C=O) groups is 4. The third-order valence-corrected chi connectivity index (χ3v) is 10.3. The summed E-state index contributed by atoms with van der Waals surface area (Å²) in [5.74, 6) is 0.492. The van der Waals surface area contributed by atoms with Crippen LogP contribution >= 0.6 is 11.6 Å². The summed E-state index contributed by atoms with van der Waals surface area (Å²) in [5, 5.41) is 10.2. The van der Waals surface area contributed by atoms with Gasteiger partial charge < -0.3 is 30.3 Å². The van der Waals surface area contributed by atoms with Crippen molar-refractivity contribution in [3.05, 3.63) is 131 Å². The molecule has 5 aromatic rings. The van der Waals surface area contributed by atoms with Crippen LogP contribution in [0.3, 0.4) is 0 Å². The van der Waals surface area contributed by atoms with Gasteiger partial charge >= 0.3 is 6.18 Å². The minimum Gasteiger partial charge on any atom is -0.484 e. The Labute approximate surface area is 351 Å². The van der Waals surface area contributed by atoms with Crippen LogP contribution in [0, 0.1) is 0 Å². The smallest absolute Gasteiger partial charge is 0.416 e. The van der Waals surface area contributed by atoms with E-state index in [0.717, 1.165) is 78.4 Å². The molecule has 10 nitrogen and oxygen atoms in total. The summed E-state index contributed by atoms with van der Waals surface area (Å²) in [7, 11) is 0. The minimum atomic E-state index is -4.44. The van der Waals surface area contributed by atoms with Gasteiger partial charge in [-0.3, -0.25) is 19.2 Å². The zero-order chi connectivity index (χ0) is 42.5. The molecular weight excluding hydrogens is 797 g/mol. The minimum absolute atomic E-state index is 0.0687. The molecule has 0 aromatic heterocycles. The van der Waals surface area contributed by atoms with Gasteiger partial charge in [-0.1, -0.05) is 49.2 Å². The average Bonchev–Trinajstić information content (AvgIpc) is 3.25. The molecule has 0 aliphatic carbocycles. The molecule has 1 aliphatic heterocycles. The monoisotopic (exact) mass is 842 g/mol. The Kier molecular flexibility index (Phi) is 15.0. The van der Waals surface area contributed by atoms with Crippen LogP contribution in [0.5, 0.6) is 17.2 Å². The van der Waals surface area contributed by atoms with Crippen LogP contribution in [-0.4, -0.2) is 55.7 Å². The fraction of sp³-hybridized carbons (Fsp3) is 0.304. The quantitative estimate of drug-likeness (QED) is 0.0600. The zero-order valence-electron chi connectivity index (χ0n) is 32.9. The summed E-state index contributed by atoms with van der Waals surface area (Å²) in [6.45, 7) is 1.87. The lowest BCUT2D eigenvalue weighted by atomic mass is 10.0. The number of rotatable bonds is 18. The van der Waals surface area contributed by atoms with Crippen molar-refractivity contribution in [3.8, 4) is 17.2 Å². The van der Waals surface area contributed by atoms with E-state index in [9.17, 15) is 32.3 Å². The van der Waals surface area contributed by atoms with E-state index in [-0.39, 0.29) is 54.8 Å². The number of halogens is 4. The van der Waals surface area contributed by atoms with Crippen molar-refractivity contribution < 1.29 is 41.8 Å². The number of fused-ring (bicyclic) bond motifs is 2. The first-order chi connectivity index (χ1) is 29.0. The maximum Gasteiger partial charge on any atom is 0.416 e. The fourth-order valence-electron chi connectivity index (χ4n) is 6.96. The largest absolute Gasteiger partial charge is 0.484 e. The van der Waals surface area contributed by atoms with E-state index in [4.69, 9.17) is 21.1 Å². The third-order valence-electron chi connectivity index (χ3n) is 10.0. The SMILES string of the molecule is O=C(COc1ccc2c(c1)CCCN2C(=O)CCl)NCCCCCCNC(=O)Cc1cccc(CNC(=O)c2ccc3c(Oc4ccc(C(F)(F)F)cc4)cccc3c2)c1. The molecule has 0 spiro atoms. The number of alkyl halides is 4. The van der Waals surface area contributed by atoms with Gasteiger partial charge in [0, 0.05) is 42.8 Å². The Morgan fingerprint density at radius 3 is 2.20 bits per heavy atom. The molecule has 60 heavy (non-hydrogen) atoms. The molecule has 0 saturated heterocycles. The predicted octanol–water partition coefficient (Wildman–Crippen LogP) is 8.51. The molecule has 0 saturated carbocycles. The van der Waals surface area contributed by atoms with Crippen LogP contribution in [0.4, 0.5) is 18.9 Å². The van der Waals surface area contributed by atoms with Gasteiger partial charge in [-0.05, 0) is 114 Å². The summed E-state index contributed by atoms with van der Waals surface area (Å²) in [6.07, 6.45) is 0.839. The van der Waals surface area contributed by atoms with E-state index < -0.39 is 11.7 Å². The van der Waals surface area contributed by atoms with Crippen LogP contribution in [0.15, 0.2) is 103 Å². The third kappa shape index (κ3) is 12.2. The van der Waals surface area contributed by atoms with E-state index in [1.54, 1.807) is 41.3 Å². The molecule has 0 atom stereocenters. The number of carbonyl (C=O) groups excluding carboxylic acids is 4. The Morgan fingerprint density at radius 2 is 1.45 bits per heavy atom. The predicted molar refractivity (Wildman–Crippen MR) is 225 cm³/mol. The van der Waals surface area contributed by atoms with E-state index in [0.29, 0.717) is 42.1 Å². The second kappa shape index (κ2) is 20.7. The van der Waals surface area contributed by atoms with Crippen molar-refractivity contribution in [2.24, 2.45) is 0 Å². The summed E-state index contributed by atoms with van der Waals surface area (Å²) < 4.78 is 50.4. The van der Waals surface area contributed by atoms with Gasteiger partial charge in [0.1, 0.15) is 23.1 Å². The number of hydrogen-bond acceptors (Lipinski definition) is 6. The summed E-state index contributed by atoms with van der Waals surface area (Å²) in [4.78, 5) is 51.9. The highest BCUT2D eigenvalue weighted by molar-refractivity contribution is 6.29. The molecule has 1 heterocycles. The van der Waals surface area contributed by atoms with Crippen molar-refractivity contribution in [1.29, 1.82) is 0 Å². The Balaban J connectivity index is 0.848. The van der Waals surface area contributed by atoms with Gasteiger partial charge in [-0.25, -0.2) is 0 Å². The molecule has 0 fully saturated rings. The molecule has 314 valence electrons. The van der Waals surface area contributed by atoms with Gasteiger partial charge in [0.2, 0.25) is 11.8 Å². The highest BCUT2D eigenvalue weighted by atomic mass is 35.5. The molecule has 14 heteroatoms. The van der Waals surface area contributed by atoms with E-state index in [1.165, 1.54) is 12.1 Å². The van der Waals surface area contributed by atoms with Crippen LogP contribution in [0.25, 0.3) is 10.8 Å². The van der Waals surface area contributed by atoms with Crippen molar-refractivity contribution >= 4 is 51.7 Å². The number of benzene rings is 5. The van der Waals surface area contributed by atoms with E-state index >= 15 is 0 Å². The van der Waals surface area contributed by atoms with Crippen LogP contribution in [0.2, 0.25) is 0 Å². The number of anilines is 1. The normalized spacial score (nSPS) is 12.4. The first-order valence-corrected chi connectivity index (χ1v) is 20.4. The fourth-order valence-corrected chi connectivity index (χ4v) is 7.10. The molecule has 3 N–H and O–H groups in total. The maximum atomic E-state index is 13.1. The standard InChI is InChI=1S/C46H46ClF3N4O6/c47-28-44(57)54-23-7-11-34-27-38(18-20-40(34)54)59-30-43(56)52-22-4-2-1-3-21-51-42(55)25-31-8-5-9-32(24-31)29-53-45(58)35-13-19-39-33(26-35)10-6-12-41(39)60-37-16-14-36(15-17-37)46(48,49)50/h5-6,8-10,12-20,24,26-27H,1-4,7,11,21-23,25,28-30H2,(H,51,55)(H,52,56)(H,53,58). The summed E-state index contributed by atoms with van der Waals surface area (Å²) >= 11 is 5.75. The van der Waals surface area contributed by atoms with Gasteiger partial charge in [-0.15, -0.1) is 11.6 Å². The van der Waals surface area contributed by atoms with Crippen molar-refractivity contribution in [3.63, 3.8) is 0 Å². The van der Waals surface area contributed by atoms with Crippen LogP contribution in [-0.2, 0) is 39.9 Å². The Hall–Kier alpha value is -6.08. The number of hydrogen-bond donors (Lipinski definition) is 3. The second-order valence-corrected chi connectivity index (χ2v) is 14.7. The maximum absolute atomic E-state index is 13.1. The first kappa shape index (κ1) is 43.5. The number of nitrogens with zero attached hydrogens (tertiary/aromatic N) is 1. The number of ether oxygens (including phenoxy) is 2. The first-order valence-electron chi connectivity index (χ1n) is 19.9. The van der Waals surface area contributed by atoms with Gasteiger partial charge in [0.15, 0.2) is 6.61 Å². The number of aryl methyl sites for hydroxylation is 1. The van der Waals surface area contributed by atoms with Crippen molar-refractivity contribution in [2.45, 2.75) is 57.7 Å². The second-order valence-electron chi connectivity index (χ2n) is 14.5. The number of unbranched alkanes of at least 4 members (excludes halogenated alkanes) is 3. The molecule has 1 aliphatic rings. The van der Waals surface area contributed by atoms with Gasteiger partial charge in [-0.2, -0.15) is 13.2 Å². The highest BCUT2D eigenvalue weighted by Gasteiger charge is 2.30. The number of amides is 4. The molecular formula is C46H46ClF3N4O6. The lowest BCUT2D eigenvalue weighted by Gasteiger charge is -2.29. The van der Waals surface area contributed by atoms with Crippen LogP contribution < -0.4 is 30.3 Å². The topological polar surface area (TPSA) is 126 Å². The molecule has 0 unspecified atom stereocenters. The lowest BCUT2D eigenvalue weighted by molar-refractivity contribution is -0.137. The average molecular weight is 843 g/mol. The molecule has 0 bridgehead atoms. The lowest BCUT2D eigenvalue weighted by Crippen LogP contribution is -2.36. The van der Waals surface area contributed by atoms with Crippen molar-refractivity contribution in [2.75, 3.05) is 37.0 Å². The Morgan fingerprint density at radius 1 is 0.733 bits per heavy atom. The number of nitrogens with one attached hydrogen (secondary N) is 3. The molecule has 5 aromatic carbocycles. The van der Waals surface area contributed by atoms with E-state index in [2.05, 4.69) is 16.0 Å². The molecule has 0 radical (unpaired) electrons. The van der Waals surface area contributed by atoms with E-state index in [1.807, 2.05) is 42.5 Å². The molecule has 4 amide bonds. The zero-order valence-corrected chi connectivity index (χ0v) is 33.7. The van der Waals surface area contributed by atoms with Crippen LogP contribution in [0.1, 0.15) is 64.7 Å².